The van der Waals surface area contributed by atoms with Crippen LogP contribution in [0.1, 0.15) is 33.0 Å². The second-order valence-corrected chi connectivity index (χ2v) is 7.99. The minimum Gasteiger partial charge on any atom is -0.486 e. The summed E-state index contributed by atoms with van der Waals surface area (Å²) in [5, 5.41) is 2.98. The van der Waals surface area contributed by atoms with Gasteiger partial charge in [0, 0.05) is 37.5 Å². The van der Waals surface area contributed by atoms with Gasteiger partial charge in [-0.25, -0.2) is 15.0 Å². The van der Waals surface area contributed by atoms with Crippen LogP contribution in [0.4, 0.5) is 0 Å². The van der Waals surface area contributed by atoms with E-state index in [1.54, 1.807) is 24.5 Å². The fourth-order valence-electron chi connectivity index (χ4n) is 3.81. The molecule has 170 valence electrons. The highest BCUT2D eigenvalue weighted by Gasteiger charge is 2.13. The summed E-state index contributed by atoms with van der Waals surface area (Å²) in [6.45, 7) is 4.57. The molecule has 0 saturated heterocycles. The molecule has 0 atom stereocenters. The van der Waals surface area contributed by atoms with E-state index in [2.05, 4.69) is 20.3 Å². The number of hydrogen-bond acceptors (Lipinski definition) is 5. The van der Waals surface area contributed by atoms with Gasteiger partial charge in [0.2, 0.25) is 0 Å². The van der Waals surface area contributed by atoms with Gasteiger partial charge in [-0.3, -0.25) is 9.36 Å². The number of carbonyl (C=O) groups excluding carboxylic acids is 1. The number of imidazole rings is 2. The molecule has 0 aliphatic heterocycles. The van der Waals surface area contributed by atoms with Crippen LogP contribution in [-0.4, -0.2) is 29.8 Å². The van der Waals surface area contributed by atoms with Crippen LogP contribution in [0.3, 0.4) is 0 Å². The number of carbonyl (C=O) groups is 1. The first-order chi connectivity index (χ1) is 16.6. The lowest BCUT2D eigenvalue weighted by Gasteiger charge is -2.12. The van der Waals surface area contributed by atoms with Crippen molar-refractivity contribution < 1.29 is 9.53 Å². The maximum Gasteiger partial charge on any atom is 0.255 e. The van der Waals surface area contributed by atoms with Crippen molar-refractivity contribution >= 4 is 11.6 Å². The zero-order chi connectivity index (χ0) is 23.5. The quantitative estimate of drug-likeness (QED) is 0.403. The van der Waals surface area contributed by atoms with Crippen LogP contribution in [0, 0.1) is 13.8 Å². The van der Waals surface area contributed by atoms with Gasteiger partial charge in [0.15, 0.2) is 0 Å². The van der Waals surface area contributed by atoms with Crippen LogP contribution in [0.25, 0.3) is 11.5 Å². The van der Waals surface area contributed by atoms with E-state index in [9.17, 15) is 4.79 Å². The molecule has 4 heterocycles. The minimum absolute atomic E-state index is 0.210. The van der Waals surface area contributed by atoms with E-state index >= 15 is 0 Å². The molecule has 0 fully saturated rings. The molecule has 1 N–H and O–H groups in total. The van der Waals surface area contributed by atoms with Gasteiger partial charge in [-0.2, -0.15) is 0 Å². The molecule has 0 aliphatic rings. The zero-order valence-corrected chi connectivity index (χ0v) is 19.0. The average molecular weight is 453 g/mol. The van der Waals surface area contributed by atoms with Crippen molar-refractivity contribution in [1.29, 1.82) is 0 Å². The largest absolute Gasteiger partial charge is 0.486 e. The highest BCUT2D eigenvalue weighted by atomic mass is 16.5. The van der Waals surface area contributed by atoms with Crippen LogP contribution in [0.15, 0.2) is 79.5 Å². The van der Waals surface area contributed by atoms with Crippen LogP contribution in [-0.2, 0) is 13.2 Å². The molecule has 5 aromatic rings. The monoisotopic (exact) mass is 452 g/mol. The summed E-state index contributed by atoms with van der Waals surface area (Å²) in [6.07, 6.45) is 9.21. The summed E-state index contributed by atoms with van der Waals surface area (Å²) in [5.41, 5.74) is 4.20. The van der Waals surface area contributed by atoms with E-state index in [4.69, 9.17) is 4.74 Å². The number of rotatable bonds is 7. The number of ether oxygens (including phenoxy) is 1. The third-order valence-corrected chi connectivity index (χ3v) is 5.57. The molecule has 1 aromatic carbocycles. The normalized spacial score (nSPS) is 11.0. The van der Waals surface area contributed by atoms with E-state index in [1.165, 1.54) is 0 Å². The number of benzene rings is 1. The van der Waals surface area contributed by atoms with Gasteiger partial charge in [-0.05, 0) is 55.3 Å². The van der Waals surface area contributed by atoms with Crippen molar-refractivity contribution in [1.82, 2.24) is 29.2 Å². The summed E-state index contributed by atoms with van der Waals surface area (Å²) in [4.78, 5) is 26.2. The maximum atomic E-state index is 13.0. The zero-order valence-electron chi connectivity index (χ0n) is 19.0. The van der Waals surface area contributed by atoms with Gasteiger partial charge in [0.1, 0.15) is 29.6 Å². The first-order valence-electron chi connectivity index (χ1n) is 11.0. The van der Waals surface area contributed by atoms with Gasteiger partial charge in [0.05, 0.1) is 11.3 Å². The Morgan fingerprint density at radius 3 is 2.74 bits per heavy atom. The van der Waals surface area contributed by atoms with E-state index in [0.717, 1.165) is 34.1 Å². The fraction of sp³-hybridized carbons (Fsp3) is 0.154. The predicted molar refractivity (Wildman–Crippen MR) is 128 cm³/mol. The van der Waals surface area contributed by atoms with Gasteiger partial charge >= 0.3 is 0 Å². The molecule has 8 nitrogen and oxygen atoms in total. The number of aromatic nitrogens is 5. The van der Waals surface area contributed by atoms with Gasteiger partial charge in [-0.1, -0.05) is 18.2 Å². The Hall–Kier alpha value is -4.46. The molecular formula is C26H24N6O2. The van der Waals surface area contributed by atoms with Crippen molar-refractivity contribution in [2.24, 2.45) is 0 Å². The smallest absolute Gasteiger partial charge is 0.255 e. The Morgan fingerprint density at radius 2 is 1.91 bits per heavy atom. The number of hydrogen-bond donors (Lipinski definition) is 1. The third-order valence-electron chi connectivity index (χ3n) is 5.57. The Labute approximate surface area is 196 Å². The van der Waals surface area contributed by atoms with Gasteiger partial charge in [-0.15, -0.1) is 0 Å². The number of nitrogens with one attached hydrogen (secondary N) is 1. The predicted octanol–water partition coefficient (Wildman–Crippen LogP) is 4.04. The van der Waals surface area contributed by atoms with Crippen LogP contribution >= 0.6 is 0 Å². The summed E-state index contributed by atoms with van der Waals surface area (Å²) >= 11 is 0. The van der Waals surface area contributed by atoms with Crippen LogP contribution in [0.5, 0.6) is 5.75 Å². The second-order valence-electron chi connectivity index (χ2n) is 7.99. The van der Waals surface area contributed by atoms with Crippen LogP contribution in [0.2, 0.25) is 0 Å². The molecule has 0 saturated carbocycles. The molecule has 0 bridgehead atoms. The number of para-hydroxylation sites is 1. The number of pyridine rings is 2. The van der Waals surface area contributed by atoms with Crippen LogP contribution < -0.4 is 10.1 Å². The van der Waals surface area contributed by atoms with Gasteiger partial charge in [0.25, 0.3) is 5.91 Å². The lowest BCUT2D eigenvalue weighted by molar-refractivity contribution is 0.0946. The Morgan fingerprint density at radius 1 is 1.03 bits per heavy atom. The highest BCUT2D eigenvalue weighted by molar-refractivity contribution is 5.96. The molecule has 8 heteroatoms. The SMILES string of the molecule is Cc1cccn2cc(COc3ccccc3C(=O)NCc3ccnc(-n4ccnc4C)c3)nc12. The number of nitrogens with zero attached hydrogens (tertiary/aromatic N) is 5. The second kappa shape index (κ2) is 9.19. The molecule has 0 spiro atoms. The maximum absolute atomic E-state index is 13.0. The van der Waals surface area contributed by atoms with E-state index in [-0.39, 0.29) is 12.5 Å². The van der Waals surface area contributed by atoms with Crippen molar-refractivity contribution in [3.05, 3.63) is 108 Å². The lowest BCUT2D eigenvalue weighted by atomic mass is 10.1. The summed E-state index contributed by atoms with van der Waals surface area (Å²) in [7, 11) is 0. The molecule has 1 amide bonds. The summed E-state index contributed by atoms with van der Waals surface area (Å²) < 4.78 is 9.86. The highest BCUT2D eigenvalue weighted by Crippen LogP contribution is 2.20. The molecule has 0 radical (unpaired) electrons. The number of aryl methyl sites for hydroxylation is 2. The summed E-state index contributed by atoms with van der Waals surface area (Å²) in [6, 6.07) is 15.0. The molecule has 0 unspecified atom stereocenters. The number of fused-ring (bicyclic) bond motifs is 1. The molecular weight excluding hydrogens is 428 g/mol. The Balaban J connectivity index is 1.27. The van der Waals surface area contributed by atoms with E-state index < -0.39 is 0 Å². The minimum atomic E-state index is -0.210. The molecule has 0 aliphatic carbocycles. The molecule has 34 heavy (non-hydrogen) atoms. The van der Waals surface area contributed by atoms with Crippen molar-refractivity contribution in [3.63, 3.8) is 0 Å². The lowest BCUT2D eigenvalue weighted by Crippen LogP contribution is -2.23. The fourth-order valence-corrected chi connectivity index (χ4v) is 3.81. The molecule has 4 aromatic heterocycles. The first-order valence-corrected chi connectivity index (χ1v) is 11.0. The standard InChI is InChI=1S/C26H24N6O2/c1-18-6-5-12-31-16-21(30-25(18)31)17-34-23-8-4-3-7-22(23)26(33)29-15-20-9-10-28-24(14-20)32-13-11-27-19(32)2/h3-14,16H,15,17H2,1-2H3,(H,29,33). The first kappa shape index (κ1) is 21.4. The van der Waals surface area contributed by atoms with Gasteiger partial charge < -0.3 is 14.5 Å². The number of amides is 1. The Bertz CT molecular complexity index is 1470. The molecule has 5 rings (SSSR count). The third kappa shape index (κ3) is 4.38. The topological polar surface area (TPSA) is 86.3 Å². The summed E-state index contributed by atoms with van der Waals surface area (Å²) in [5.74, 6) is 1.91. The van der Waals surface area contributed by atoms with E-state index in [0.29, 0.717) is 17.9 Å². The van der Waals surface area contributed by atoms with E-state index in [1.807, 2.05) is 77.8 Å². The van der Waals surface area contributed by atoms with Crippen molar-refractivity contribution in [3.8, 4) is 11.6 Å². The average Bonchev–Trinajstić information content (AvgIpc) is 3.48. The Kier molecular flexibility index (Phi) is 5.78. The van der Waals surface area contributed by atoms with Crippen molar-refractivity contribution in [2.45, 2.75) is 27.0 Å². The van der Waals surface area contributed by atoms with Crippen molar-refractivity contribution in [2.75, 3.05) is 0 Å².